The second-order valence-corrected chi connectivity index (χ2v) is 6.82. The fourth-order valence-corrected chi connectivity index (χ4v) is 3.88. The molecule has 0 unspecified atom stereocenters. The van der Waals surface area contributed by atoms with E-state index < -0.39 is 5.60 Å². The summed E-state index contributed by atoms with van der Waals surface area (Å²) in [6.45, 7) is 2.95. The van der Waals surface area contributed by atoms with Crippen LogP contribution in [0.3, 0.4) is 0 Å². The predicted molar refractivity (Wildman–Crippen MR) is 97.4 cm³/mol. The Morgan fingerprint density at radius 2 is 1.79 bits per heavy atom. The van der Waals surface area contributed by atoms with Crippen LogP contribution in [0.15, 0.2) is 54.6 Å². The predicted octanol–water partition coefficient (Wildman–Crippen LogP) is 3.83. The first-order valence-electron chi connectivity index (χ1n) is 8.78. The van der Waals surface area contributed by atoms with Crippen LogP contribution in [0.4, 0.5) is 0 Å². The van der Waals surface area contributed by atoms with Crippen LogP contribution in [0, 0.1) is 0 Å². The summed E-state index contributed by atoms with van der Waals surface area (Å²) in [5, 5.41) is 15.2. The number of ether oxygens (including phenoxy) is 1. The normalized spacial score (nSPS) is 21.7. The van der Waals surface area contributed by atoms with E-state index in [1.165, 1.54) is 18.4 Å². The van der Waals surface area contributed by atoms with Crippen molar-refractivity contribution in [2.75, 3.05) is 13.7 Å². The highest BCUT2D eigenvalue weighted by atomic mass is 16.5. The average Bonchev–Trinajstić information content (AvgIpc) is 2.63. The van der Waals surface area contributed by atoms with Crippen LogP contribution in [0.1, 0.15) is 43.2 Å². The molecular formula is C21H27NO2. The Morgan fingerprint density at radius 3 is 2.38 bits per heavy atom. The van der Waals surface area contributed by atoms with Gasteiger partial charge in [-0.15, -0.1) is 0 Å². The lowest BCUT2D eigenvalue weighted by atomic mass is 9.72. The van der Waals surface area contributed by atoms with Crippen molar-refractivity contribution in [1.82, 2.24) is 5.32 Å². The first kappa shape index (κ1) is 17.0. The van der Waals surface area contributed by atoms with Gasteiger partial charge in [0, 0.05) is 12.0 Å². The molecule has 3 atom stereocenters. The molecule has 2 aromatic rings. The molecule has 24 heavy (non-hydrogen) atoms. The topological polar surface area (TPSA) is 41.5 Å². The number of aliphatic hydroxyl groups is 1. The number of methoxy groups -OCH3 is 1. The molecule has 0 saturated carbocycles. The standard InChI is InChI=1S/C21H27NO2/c1-21(23,17-11-13-18(24-2)14-12-17)20(16-8-4-3-5-9-16)19-10-6-7-15-22-19/h3-5,8-9,11-14,19-20,22-23H,6-7,10,15H2,1-2H3/t19-,20-,21+/m0/s1. The quantitative estimate of drug-likeness (QED) is 0.878. The molecule has 1 saturated heterocycles. The average molecular weight is 325 g/mol. The van der Waals surface area contributed by atoms with Gasteiger partial charge in [-0.3, -0.25) is 0 Å². The van der Waals surface area contributed by atoms with Crippen LogP contribution in [0.2, 0.25) is 0 Å². The van der Waals surface area contributed by atoms with Gasteiger partial charge < -0.3 is 15.2 Å². The molecule has 1 heterocycles. The van der Waals surface area contributed by atoms with E-state index in [0.717, 1.165) is 24.3 Å². The summed E-state index contributed by atoms with van der Waals surface area (Å²) < 4.78 is 5.25. The van der Waals surface area contributed by atoms with Gasteiger partial charge in [-0.25, -0.2) is 0 Å². The largest absolute Gasteiger partial charge is 0.497 e. The third-order valence-corrected chi connectivity index (χ3v) is 5.19. The first-order valence-corrected chi connectivity index (χ1v) is 8.78. The Hall–Kier alpha value is -1.84. The van der Waals surface area contributed by atoms with Gasteiger partial charge in [-0.2, -0.15) is 0 Å². The third kappa shape index (κ3) is 3.47. The van der Waals surface area contributed by atoms with Crippen molar-refractivity contribution >= 4 is 0 Å². The molecule has 1 aliphatic heterocycles. The number of benzene rings is 2. The second-order valence-electron chi connectivity index (χ2n) is 6.82. The van der Waals surface area contributed by atoms with Crippen LogP contribution in [0.5, 0.6) is 5.75 Å². The summed E-state index contributed by atoms with van der Waals surface area (Å²) in [7, 11) is 1.66. The van der Waals surface area contributed by atoms with E-state index in [9.17, 15) is 5.11 Å². The van der Waals surface area contributed by atoms with Crippen molar-refractivity contribution in [3.05, 3.63) is 65.7 Å². The molecule has 0 amide bonds. The maximum Gasteiger partial charge on any atom is 0.118 e. The van der Waals surface area contributed by atoms with Crippen molar-refractivity contribution in [2.24, 2.45) is 0 Å². The van der Waals surface area contributed by atoms with Crippen molar-refractivity contribution < 1.29 is 9.84 Å². The monoisotopic (exact) mass is 325 g/mol. The zero-order valence-corrected chi connectivity index (χ0v) is 14.5. The SMILES string of the molecule is COc1ccc([C@@](C)(O)[C@@H](c2ccccc2)[C@@H]2CCCCN2)cc1. The Labute approximate surface area is 144 Å². The summed E-state index contributed by atoms with van der Waals surface area (Å²) >= 11 is 0. The first-order chi connectivity index (χ1) is 11.6. The van der Waals surface area contributed by atoms with E-state index in [1.807, 2.05) is 37.3 Å². The number of rotatable bonds is 5. The van der Waals surface area contributed by atoms with E-state index in [4.69, 9.17) is 4.74 Å². The van der Waals surface area contributed by atoms with Crippen LogP contribution in [-0.4, -0.2) is 24.8 Å². The molecule has 2 N–H and O–H groups in total. The minimum absolute atomic E-state index is 0.00685. The van der Waals surface area contributed by atoms with Crippen molar-refractivity contribution in [3.8, 4) is 5.75 Å². The van der Waals surface area contributed by atoms with Gasteiger partial charge in [-0.05, 0) is 49.6 Å². The molecule has 0 aromatic heterocycles. The van der Waals surface area contributed by atoms with Gasteiger partial charge in [0.15, 0.2) is 0 Å². The molecule has 1 aliphatic rings. The molecule has 3 rings (SSSR count). The van der Waals surface area contributed by atoms with E-state index in [0.29, 0.717) is 0 Å². The van der Waals surface area contributed by atoms with Crippen molar-refractivity contribution in [2.45, 2.75) is 43.7 Å². The molecule has 0 aliphatic carbocycles. The Kier molecular flexibility index (Phi) is 5.22. The Morgan fingerprint density at radius 1 is 1.08 bits per heavy atom. The van der Waals surface area contributed by atoms with E-state index in [1.54, 1.807) is 7.11 Å². The van der Waals surface area contributed by atoms with Crippen LogP contribution < -0.4 is 10.1 Å². The Balaban J connectivity index is 1.98. The molecule has 1 fully saturated rings. The lowest BCUT2D eigenvalue weighted by molar-refractivity contribution is 0.00894. The molecule has 0 bridgehead atoms. The van der Waals surface area contributed by atoms with Gasteiger partial charge in [0.1, 0.15) is 5.75 Å². The van der Waals surface area contributed by atoms with E-state index >= 15 is 0 Å². The number of hydrogen-bond donors (Lipinski definition) is 2. The zero-order chi connectivity index (χ0) is 17.0. The maximum absolute atomic E-state index is 11.5. The second kappa shape index (κ2) is 7.37. The molecular weight excluding hydrogens is 298 g/mol. The van der Waals surface area contributed by atoms with Crippen molar-refractivity contribution in [3.63, 3.8) is 0 Å². The van der Waals surface area contributed by atoms with Crippen LogP contribution >= 0.6 is 0 Å². The molecule has 128 valence electrons. The molecule has 0 spiro atoms. The number of piperidine rings is 1. The van der Waals surface area contributed by atoms with E-state index in [2.05, 4.69) is 29.6 Å². The van der Waals surface area contributed by atoms with Gasteiger partial charge in [0.25, 0.3) is 0 Å². The lowest BCUT2D eigenvalue weighted by Crippen LogP contribution is -2.47. The minimum atomic E-state index is -0.956. The Bertz CT molecular complexity index is 631. The van der Waals surface area contributed by atoms with Crippen LogP contribution in [-0.2, 0) is 5.60 Å². The molecule has 2 aromatic carbocycles. The zero-order valence-electron chi connectivity index (χ0n) is 14.5. The summed E-state index contributed by atoms with van der Waals surface area (Å²) in [6.07, 6.45) is 3.51. The highest BCUT2D eigenvalue weighted by Crippen LogP contribution is 2.41. The summed E-state index contributed by atoms with van der Waals surface area (Å²) in [6, 6.07) is 18.4. The summed E-state index contributed by atoms with van der Waals surface area (Å²) in [5.74, 6) is 0.814. The smallest absolute Gasteiger partial charge is 0.118 e. The molecule has 3 nitrogen and oxygen atoms in total. The minimum Gasteiger partial charge on any atom is -0.497 e. The van der Waals surface area contributed by atoms with E-state index in [-0.39, 0.29) is 12.0 Å². The van der Waals surface area contributed by atoms with Gasteiger partial charge in [0.05, 0.1) is 12.7 Å². The van der Waals surface area contributed by atoms with Crippen LogP contribution in [0.25, 0.3) is 0 Å². The fourth-order valence-electron chi connectivity index (χ4n) is 3.88. The van der Waals surface area contributed by atoms with Crippen molar-refractivity contribution in [1.29, 1.82) is 0 Å². The molecule has 3 heteroatoms. The molecule has 0 radical (unpaired) electrons. The number of nitrogens with one attached hydrogen (secondary N) is 1. The summed E-state index contributed by atoms with van der Waals surface area (Å²) in [5.41, 5.74) is 1.14. The highest BCUT2D eigenvalue weighted by Gasteiger charge is 2.40. The summed E-state index contributed by atoms with van der Waals surface area (Å²) in [4.78, 5) is 0. The maximum atomic E-state index is 11.5. The third-order valence-electron chi connectivity index (χ3n) is 5.19. The lowest BCUT2D eigenvalue weighted by Gasteiger charge is -2.41. The number of hydrogen-bond acceptors (Lipinski definition) is 3. The van der Waals surface area contributed by atoms with Gasteiger partial charge in [0.2, 0.25) is 0 Å². The van der Waals surface area contributed by atoms with Gasteiger partial charge in [-0.1, -0.05) is 48.9 Å². The highest BCUT2D eigenvalue weighted by molar-refractivity contribution is 5.35. The fraction of sp³-hybridized carbons (Fsp3) is 0.429. The van der Waals surface area contributed by atoms with Gasteiger partial charge >= 0.3 is 0 Å².